The van der Waals surface area contributed by atoms with E-state index in [1.165, 1.54) is 29.9 Å². The van der Waals surface area contributed by atoms with Gasteiger partial charge in [0.1, 0.15) is 16.5 Å². The maximum absolute atomic E-state index is 13.2. The van der Waals surface area contributed by atoms with Crippen molar-refractivity contribution in [2.75, 3.05) is 16.0 Å². The number of nitrogens with one attached hydrogen (secondary N) is 4. The molecule has 3 heterocycles. The number of carbonyl (C=O) groups excluding carboxylic acids is 3. The highest BCUT2D eigenvalue weighted by molar-refractivity contribution is 7.12. The summed E-state index contributed by atoms with van der Waals surface area (Å²) >= 11 is 1.08. The van der Waals surface area contributed by atoms with Crippen LogP contribution in [0.3, 0.4) is 0 Å². The van der Waals surface area contributed by atoms with Crippen molar-refractivity contribution in [1.82, 2.24) is 15.3 Å². The summed E-state index contributed by atoms with van der Waals surface area (Å²) in [5.41, 5.74) is 2.74. The number of aromatic nitrogens is 2. The Balaban J connectivity index is 1.17. The van der Waals surface area contributed by atoms with Crippen LogP contribution in [0.15, 0.2) is 72.4 Å². The summed E-state index contributed by atoms with van der Waals surface area (Å²) in [6.45, 7) is 0.227. The summed E-state index contributed by atoms with van der Waals surface area (Å²) in [7, 11) is 0. The minimum Gasteiger partial charge on any atom is -0.395 e. The van der Waals surface area contributed by atoms with Gasteiger partial charge in [-0.25, -0.2) is 14.8 Å². The molecule has 0 radical (unpaired) electrons. The number of amides is 4. The molecule has 11 nitrogen and oxygen atoms in total. The van der Waals surface area contributed by atoms with E-state index in [-0.39, 0.29) is 34.4 Å². The van der Waals surface area contributed by atoms with Gasteiger partial charge in [0.2, 0.25) is 0 Å². The van der Waals surface area contributed by atoms with Gasteiger partial charge in [0.25, 0.3) is 11.8 Å². The number of benzene rings is 2. The number of pyridine rings is 1. The second-order valence-corrected chi connectivity index (χ2v) is 8.85. The number of urea groups is 1. The SMILES string of the molecule is O=C(NC(=O)c1ccccc1)Nc1cc(CNc2ncsc2C(=O)Nc2ccc3c(c2)OC(F)(F)O3)ccn1. The van der Waals surface area contributed by atoms with E-state index in [0.717, 1.165) is 11.3 Å². The molecule has 0 aliphatic carbocycles. The van der Waals surface area contributed by atoms with Gasteiger partial charge in [-0.15, -0.1) is 20.1 Å². The van der Waals surface area contributed by atoms with Gasteiger partial charge < -0.3 is 20.1 Å². The number of hydrogen-bond donors (Lipinski definition) is 4. The molecule has 0 bridgehead atoms. The van der Waals surface area contributed by atoms with Gasteiger partial charge in [-0.2, -0.15) is 0 Å². The molecule has 0 fully saturated rings. The molecular weight excluding hydrogens is 534 g/mol. The fraction of sp³-hybridized carbons (Fsp3) is 0.0800. The Hall–Kier alpha value is -5.11. The van der Waals surface area contributed by atoms with Gasteiger partial charge in [-0.05, 0) is 42.0 Å². The normalized spacial score (nSPS) is 12.9. The second kappa shape index (κ2) is 10.7. The lowest BCUT2D eigenvalue weighted by molar-refractivity contribution is -0.286. The lowest BCUT2D eigenvalue weighted by Crippen LogP contribution is -2.34. The van der Waals surface area contributed by atoms with Crippen molar-refractivity contribution in [1.29, 1.82) is 0 Å². The lowest BCUT2D eigenvalue weighted by Gasteiger charge is -2.10. The molecule has 1 aliphatic rings. The second-order valence-electron chi connectivity index (χ2n) is 7.99. The highest BCUT2D eigenvalue weighted by Crippen LogP contribution is 2.42. The van der Waals surface area contributed by atoms with Crippen LogP contribution in [0.25, 0.3) is 0 Å². The summed E-state index contributed by atoms with van der Waals surface area (Å²) in [5.74, 6) is -0.897. The van der Waals surface area contributed by atoms with E-state index in [0.29, 0.717) is 16.9 Å². The topological polar surface area (TPSA) is 144 Å². The number of hydrogen-bond acceptors (Lipinski definition) is 9. The minimum atomic E-state index is -3.76. The predicted octanol–water partition coefficient (Wildman–Crippen LogP) is 4.69. The zero-order valence-electron chi connectivity index (χ0n) is 19.7. The van der Waals surface area contributed by atoms with Crippen molar-refractivity contribution in [3.63, 3.8) is 0 Å². The number of thiazole rings is 1. The largest absolute Gasteiger partial charge is 0.586 e. The van der Waals surface area contributed by atoms with E-state index < -0.39 is 24.1 Å². The fourth-order valence-corrected chi connectivity index (χ4v) is 4.16. The maximum Gasteiger partial charge on any atom is 0.586 e. The number of alkyl halides is 2. The zero-order valence-corrected chi connectivity index (χ0v) is 20.6. The molecule has 14 heteroatoms. The number of anilines is 3. The summed E-state index contributed by atoms with van der Waals surface area (Å²) in [4.78, 5) is 45.7. The quantitative estimate of drug-likeness (QED) is 0.259. The number of halogens is 2. The van der Waals surface area contributed by atoms with Gasteiger partial charge in [0, 0.05) is 30.1 Å². The van der Waals surface area contributed by atoms with Crippen molar-refractivity contribution in [3.8, 4) is 11.5 Å². The fourth-order valence-electron chi connectivity index (χ4n) is 3.50. The zero-order chi connectivity index (χ0) is 27.4. The average Bonchev–Trinajstić information content (AvgIpc) is 3.50. The molecule has 4 amide bonds. The Morgan fingerprint density at radius 1 is 0.897 bits per heavy atom. The van der Waals surface area contributed by atoms with Crippen molar-refractivity contribution in [2.24, 2.45) is 0 Å². The molecule has 1 aliphatic heterocycles. The van der Waals surface area contributed by atoms with Crippen LogP contribution in [0, 0.1) is 0 Å². The molecule has 0 saturated carbocycles. The van der Waals surface area contributed by atoms with Crippen molar-refractivity contribution in [3.05, 3.63) is 88.4 Å². The summed E-state index contributed by atoms with van der Waals surface area (Å²) in [6, 6.07) is 14.7. The molecule has 4 aromatic rings. The molecule has 198 valence electrons. The molecule has 0 atom stereocenters. The molecule has 4 N–H and O–H groups in total. The number of ether oxygens (including phenoxy) is 2. The first kappa shape index (κ1) is 25.5. The lowest BCUT2D eigenvalue weighted by atomic mass is 10.2. The Bertz CT molecular complexity index is 1550. The Kier molecular flexibility index (Phi) is 7.01. The molecule has 39 heavy (non-hydrogen) atoms. The van der Waals surface area contributed by atoms with Crippen LogP contribution in [0.4, 0.5) is 30.9 Å². The van der Waals surface area contributed by atoms with Gasteiger partial charge in [-0.1, -0.05) is 18.2 Å². The predicted molar refractivity (Wildman–Crippen MR) is 137 cm³/mol. The van der Waals surface area contributed by atoms with Crippen LogP contribution in [-0.4, -0.2) is 34.1 Å². The number of fused-ring (bicyclic) bond motifs is 1. The van der Waals surface area contributed by atoms with E-state index in [1.807, 2.05) is 0 Å². The average molecular weight is 553 g/mol. The van der Waals surface area contributed by atoms with E-state index in [2.05, 4.69) is 40.7 Å². The van der Waals surface area contributed by atoms with Gasteiger partial charge in [-0.3, -0.25) is 20.2 Å². The highest BCUT2D eigenvalue weighted by atomic mass is 32.1. The Morgan fingerprint density at radius 3 is 2.51 bits per heavy atom. The highest BCUT2D eigenvalue weighted by Gasteiger charge is 2.43. The molecule has 0 saturated heterocycles. The smallest absolute Gasteiger partial charge is 0.395 e. The standard InChI is InChI=1S/C25H18F2N6O5S/c26-25(27)37-17-7-6-16(11-18(17)38-25)31-23(35)20-21(30-13-39-20)29-12-14-8-9-28-19(10-14)32-24(36)33-22(34)15-4-2-1-3-5-15/h1-11,13,29H,12H2,(H,31,35)(H2,28,32,33,34,36). The Labute approximate surface area is 223 Å². The first-order valence-corrected chi connectivity index (χ1v) is 12.1. The summed E-state index contributed by atoms with van der Waals surface area (Å²) in [6.07, 6.45) is -2.28. The first-order chi connectivity index (χ1) is 18.8. The van der Waals surface area contributed by atoms with Gasteiger partial charge >= 0.3 is 12.3 Å². The molecule has 5 rings (SSSR count). The van der Waals surface area contributed by atoms with Crippen molar-refractivity contribution < 1.29 is 32.6 Å². The number of carbonyl (C=O) groups is 3. The number of nitrogens with zero attached hydrogens (tertiary/aromatic N) is 2. The monoisotopic (exact) mass is 552 g/mol. The van der Waals surface area contributed by atoms with Crippen LogP contribution in [0.5, 0.6) is 11.5 Å². The van der Waals surface area contributed by atoms with E-state index in [1.54, 1.807) is 42.5 Å². The van der Waals surface area contributed by atoms with Gasteiger partial charge in [0.15, 0.2) is 11.5 Å². The van der Waals surface area contributed by atoms with E-state index >= 15 is 0 Å². The molecule has 0 unspecified atom stereocenters. The molecule has 2 aromatic heterocycles. The summed E-state index contributed by atoms with van der Waals surface area (Å²) in [5, 5.41) is 10.4. The van der Waals surface area contributed by atoms with E-state index in [9.17, 15) is 23.2 Å². The van der Waals surface area contributed by atoms with Crippen LogP contribution >= 0.6 is 11.3 Å². The number of rotatable bonds is 7. The van der Waals surface area contributed by atoms with Crippen molar-refractivity contribution >= 4 is 46.5 Å². The van der Waals surface area contributed by atoms with Crippen molar-refractivity contribution in [2.45, 2.75) is 12.8 Å². The first-order valence-electron chi connectivity index (χ1n) is 11.3. The van der Waals surface area contributed by atoms with Crippen LogP contribution in [-0.2, 0) is 6.54 Å². The summed E-state index contributed by atoms with van der Waals surface area (Å²) < 4.78 is 35.3. The minimum absolute atomic E-state index is 0.135. The number of imide groups is 1. The van der Waals surface area contributed by atoms with E-state index in [4.69, 9.17) is 0 Å². The maximum atomic E-state index is 13.2. The third-order valence-corrected chi connectivity index (χ3v) is 6.05. The van der Waals surface area contributed by atoms with Crippen LogP contribution in [0.2, 0.25) is 0 Å². The Morgan fingerprint density at radius 2 is 1.69 bits per heavy atom. The third kappa shape index (κ3) is 6.24. The third-order valence-electron chi connectivity index (χ3n) is 5.22. The molecule has 0 spiro atoms. The molecular formula is C25H18F2N6O5S. The van der Waals surface area contributed by atoms with Crippen LogP contribution < -0.4 is 30.7 Å². The van der Waals surface area contributed by atoms with Crippen LogP contribution in [0.1, 0.15) is 25.6 Å². The molecule has 2 aromatic carbocycles. The van der Waals surface area contributed by atoms with Gasteiger partial charge in [0.05, 0.1) is 5.51 Å².